The minimum Gasteiger partial charge on any atom is -0.481 e. The molecule has 1 aromatic rings. The number of aryl methyl sites for hydroxylation is 1. The number of nitrogens with zero attached hydrogens (tertiary/aromatic N) is 3. The second-order valence-corrected chi connectivity index (χ2v) is 5.05. The number of hydrogen-bond acceptors (Lipinski definition) is 4. The molecule has 0 amide bonds. The standard InChI is InChI=1S/C14H17N3O2/c1-3-14(13(18)19)5-7-17(9-14)12-11(8-15)10(2)4-6-16-12/h4,6H,3,5,7,9H2,1-2H3,(H,18,19). The Labute approximate surface area is 112 Å². The van der Waals surface area contributed by atoms with Gasteiger partial charge in [-0.2, -0.15) is 5.26 Å². The van der Waals surface area contributed by atoms with Crippen LogP contribution in [0.25, 0.3) is 0 Å². The summed E-state index contributed by atoms with van der Waals surface area (Å²) < 4.78 is 0. The first-order valence-corrected chi connectivity index (χ1v) is 6.38. The van der Waals surface area contributed by atoms with Crippen molar-refractivity contribution in [1.29, 1.82) is 5.26 Å². The molecule has 0 spiro atoms. The Kier molecular flexibility index (Phi) is 3.43. The summed E-state index contributed by atoms with van der Waals surface area (Å²) in [6, 6.07) is 3.96. The van der Waals surface area contributed by atoms with Gasteiger partial charge in [-0.1, -0.05) is 6.92 Å². The molecule has 1 saturated heterocycles. The van der Waals surface area contributed by atoms with Crippen LogP contribution in [0.1, 0.15) is 30.9 Å². The molecular weight excluding hydrogens is 242 g/mol. The largest absolute Gasteiger partial charge is 0.481 e. The van der Waals surface area contributed by atoms with E-state index in [4.69, 9.17) is 0 Å². The number of carbonyl (C=O) groups is 1. The first kappa shape index (κ1) is 13.3. The second kappa shape index (κ2) is 4.88. The van der Waals surface area contributed by atoms with Crippen molar-refractivity contribution in [3.05, 3.63) is 23.4 Å². The molecule has 1 fully saturated rings. The third-order valence-electron chi connectivity index (χ3n) is 4.03. The lowest BCUT2D eigenvalue weighted by molar-refractivity contribution is -0.147. The quantitative estimate of drug-likeness (QED) is 0.897. The molecule has 0 saturated carbocycles. The van der Waals surface area contributed by atoms with E-state index in [1.807, 2.05) is 18.7 Å². The van der Waals surface area contributed by atoms with Crippen LogP contribution in [0.2, 0.25) is 0 Å². The summed E-state index contributed by atoms with van der Waals surface area (Å²) in [5.74, 6) is -0.150. The third kappa shape index (κ3) is 2.14. The molecule has 1 aliphatic heterocycles. The van der Waals surface area contributed by atoms with Crippen LogP contribution in [0.15, 0.2) is 12.3 Å². The summed E-state index contributed by atoms with van der Waals surface area (Å²) in [6.45, 7) is 4.81. The first-order chi connectivity index (χ1) is 9.04. The Morgan fingerprint density at radius 1 is 1.68 bits per heavy atom. The zero-order valence-corrected chi connectivity index (χ0v) is 11.2. The number of aliphatic carboxylic acids is 1. The number of aromatic nitrogens is 1. The molecule has 1 atom stereocenters. The highest BCUT2D eigenvalue weighted by Crippen LogP contribution is 2.37. The fourth-order valence-electron chi connectivity index (χ4n) is 2.59. The normalized spacial score (nSPS) is 22.3. The molecule has 100 valence electrons. The van der Waals surface area contributed by atoms with Crippen molar-refractivity contribution in [1.82, 2.24) is 4.98 Å². The van der Waals surface area contributed by atoms with E-state index in [2.05, 4.69) is 11.1 Å². The summed E-state index contributed by atoms with van der Waals surface area (Å²) in [4.78, 5) is 17.6. The van der Waals surface area contributed by atoms with E-state index >= 15 is 0 Å². The molecule has 0 aromatic carbocycles. The van der Waals surface area contributed by atoms with E-state index in [-0.39, 0.29) is 0 Å². The molecule has 1 aromatic heterocycles. The molecule has 1 unspecified atom stereocenters. The predicted octanol–water partition coefficient (Wildman–Crippen LogP) is 1.95. The van der Waals surface area contributed by atoms with Crippen molar-refractivity contribution in [2.24, 2.45) is 5.41 Å². The van der Waals surface area contributed by atoms with Crippen molar-refractivity contribution < 1.29 is 9.90 Å². The third-order valence-corrected chi connectivity index (χ3v) is 4.03. The van der Waals surface area contributed by atoms with Crippen LogP contribution < -0.4 is 4.90 Å². The van der Waals surface area contributed by atoms with Gasteiger partial charge in [0.1, 0.15) is 11.9 Å². The number of hydrogen-bond donors (Lipinski definition) is 1. The van der Waals surface area contributed by atoms with Crippen LogP contribution in [0.4, 0.5) is 5.82 Å². The van der Waals surface area contributed by atoms with Gasteiger partial charge >= 0.3 is 5.97 Å². The Morgan fingerprint density at radius 3 is 2.95 bits per heavy atom. The molecule has 19 heavy (non-hydrogen) atoms. The Bertz CT molecular complexity index is 550. The molecule has 1 N–H and O–H groups in total. The van der Waals surface area contributed by atoms with Crippen LogP contribution in [0, 0.1) is 23.7 Å². The molecule has 0 aliphatic carbocycles. The molecular formula is C14H17N3O2. The average Bonchev–Trinajstić information content (AvgIpc) is 2.84. The minimum absolute atomic E-state index is 0.421. The number of carboxylic acid groups (broad SMARTS) is 1. The van der Waals surface area contributed by atoms with Gasteiger partial charge in [0.05, 0.1) is 11.0 Å². The molecule has 5 nitrogen and oxygen atoms in total. The average molecular weight is 259 g/mol. The molecule has 2 rings (SSSR count). The van der Waals surface area contributed by atoms with E-state index in [0.717, 1.165) is 5.56 Å². The molecule has 0 bridgehead atoms. The zero-order valence-electron chi connectivity index (χ0n) is 11.2. The maximum atomic E-state index is 11.4. The SMILES string of the molecule is CCC1(C(=O)O)CCN(c2nccc(C)c2C#N)C1. The van der Waals surface area contributed by atoms with Gasteiger partial charge in [-0.3, -0.25) is 4.79 Å². The van der Waals surface area contributed by atoms with Crippen molar-refractivity contribution in [3.63, 3.8) is 0 Å². The van der Waals surface area contributed by atoms with Crippen molar-refractivity contribution >= 4 is 11.8 Å². The first-order valence-electron chi connectivity index (χ1n) is 6.38. The highest BCUT2D eigenvalue weighted by molar-refractivity contribution is 5.77. The van der Waals surface area contributed by atoms with Crippen molar-refractivity contribution in [3.8, 4) is 6.07 Å². The van der Waals surface area contributed by atoms with Crippen molar-refractivity contribution in [2.75, 3.05) is 18.0 Å². The highest BCUT2D eigenvalue weighted by Gasteiger charge is 2.44. The lowest BCUT2D eigenvalue weighted by Gasteiger charge is -2.24. The van der Waals surface area contributed by atoms with Gasteiger partial charge in [0.25, 0.3) is 0 Å². The number of pyridine rings is 1. The summed E-state index contributed by atoms with van der Waals surface area (Å²) in [5, 5.41) is 18.6. The van der Waals surface area contributed by atoms with Gasteiger partial charge in [0.2, 0.25) is 0 Å². The van der Waals surface area contributed by atoms with Gasteiger partial charge in [0, 0.05) is 19.3 Å². The number of carboxylic acids is 1. The van der Waals surface area contributed by atoms with Gasteiger partial charge < -0.3 is 10.0 Å². The Hall–Kier alpha value is -2.09. The van der Waals surface area contributed by atoms with Crippen LogP contribution in [0.5, 0.6) is 0 Å². The monoisotopic (exact) mass is 259 g/mol. The maximum Gasteiger partial charge on any atom is 0.311 e. The topological polar surface area (TPSA) is 77.2 Å². The molecule has 0 radical (unpaired) electrons. The fraction of sp³-hybridized carbons (Fsp3) is 0.500. The lowest BCUT2D eigenvalue weighted by atomic mass is 9.84. The van der Waals surface area contributed by atoms with E-state index in [9.17, 15) is 15.2 Å². The summed E-state index contributed by atoms with van der Waals surface area (Å²) in [5.41, 5.74) is 0.703. The molecule has 5 heteroatoms. The highest BCUT2D eigenvalue weighted by atomic mass is 16.4. The molecule has 1 aliphatic rings. The van der Waals surface area contributed by atoms with E-state index in [1.165, 1.54) is 0 Å². The van der Waals surface area contributed by atoms with Crippen LogP contribution in [-0.4, -0.2) is 29.1 Å². The minimum atomic E-state index is -0.760. The number of nitriles is 1. The lowest BCUT2D eigenvalue weighted by Crippen LogP contribution is -2.34. The summed E-state index contributed by atoms with van der Waals surface area (Å²) in [7, 11) is 0. The van der Waals surface area contributed by atoms with Crippen LogP contribution in [0.3, 0.4) is 0 Å². The van der Waals surface area contributed by atoms with E-state index in [0.29, 0.717) is 37.3 Å². The van der Waals surface area contributed by atoms with Gasteiger partial charge in [-0.05, 0) is 31.4 Å². The van der Waals surface area contributed by atoms with Gasteiger partial charge in [-0.25, -0.2) is 4.98 Å². The van der Waals surface area contributed by atoms with E-state index < -0.39 is 11.4 Å². The van der Waals surface area contributed by atoms with E-state index in [1.54, 1.807) is 12.3 Å². The van der Waals surface area contributed by atoms with Gasteiger partial charge in [0.15, 0.2) is 0 Å². The Morgan fingerprint density at radius 2 is 2.42 bits per heavy atom. The Balaban J connectivity index is 2.34. The summed E-state index contributed by atoms with van der Waals surface area (Å²) in [6.07, 6.45) is 2.85. The zero-order chi connectivity index (χ0) is 14.0. The van der Waals surface area contributed by atoms with Crippen LogP contribution in [-0.2, 0) is 4.79 Å². The van der Waals surface area contributed by atoms with Crippen molar-refractivity contribution in [2.45, 2.75) is 26.7 Å². The fourth-order valence-corrected chi connectivity index (χ4v) is 2.59. The predicted molar refractivity (Wildman–Crippen MR) is 70.9 cm³/mol. The second-order valence-electron chi connectivity index (χ2n) is 5.05. The maximum absolute atomic E-state index is 11.4. The smallest absolute Gasteiger partial charge is 0.311 e. The number of rotatable bonds is 3. The molecule has 2 heterocycles. The number of anilines is 1. The summed E-state index contributed by atoms with van der Waals surface area (Å²) >= 11 is 0. The van der Waals surface area contributed by atoms with Crippen LogP contribution >= 0.6 is 0 Å². The van der Waals surface area contributed by atoms with Gasteiger partial charge in [-0.15, -0.1) is 0 Å².